The standard InChI is InChI=1S/C25H24F2N2O5/c26-25(27)20(21(25)23(31)32)11-28-22(30)18-9-13(18)10-29-24(33)34-12-19-16-7-3-1-5-14(16)15-6-2-4-8-17(15)19/h1-8,13,18-21H,9-12H2,(H,28,30)(H,29,33)(H,31,32)/t13-,18-,20?,21?/m1/s1. The second-order valence-electron chi connectivity index (χ2n) is 9.15. The summed E-state index contributed by atoms with van der Waals surface area (Å²) in [6, 6.07) is 16.1. The predicted molar refractivity (Wildman–Crippen MR) is 117 cm³/mol. The molecule has 3 aliphatic rings. The zero-order valence-corrected chi connectivity index (χ0v) is 18.2. The Balaban J connectivity index is 1.06. The first-order valence-corrected chi connectivity index (χ1v) is 11.3. The van der Waals surface area contributed by atoms with E-state index >= 15 is 0 Å². The summed E-state index contributed by atoms with van der Waals surface area (Å²) in [6.07, 6.45) is -0.0475. The molecule has 0 spiro atoms. The topological polar surface area (TPSA) is 105 Å². The fourth-order valence-electron chi connectivity index (χ4n) is 4.98. The molecule has 0 radical (unpaired) electrons. The van der Waals surface area contributed by atoms with E-state index in [2.05, 4.69) is 22.8 Å². The van der Waals surface area contributed by atoms with Gasteiger partial charge in [-0.3, -0.25) is 9.59 Å². The molecule has 0 aliphatic heterocycles. The smallest absolute Gasteiger partial charge is 0.407 e. The Morgan fingerprint density at radius 3 is 2.18 bits per heavy atom. The lowest BCUT2D eigenvalue weighted by Crippen LogP contribution is -2.31. The molecule has 0 heterocycles. The van der Waals surface area contributed by atoms with Gasteiger partial charge in [0.2, 0.25) is 5.91 Å². The van der Waals surface area contributed by atoms with Gasteiger partial charge < -0.3 is 20.5 Å². The van der Waals surface area contributed by atoms with Gasteiger partial charge in [-0.25, -0.2) is 13.6 Å². The molecule has 2 aromatic carbocycles. The molecule has 178 valence electrons. The number of alkyl halides is 2. The van der Waals surface area contributed by atoms with Crippen LogP contribution < -0.4 is 10.6 Å². The third-order valence-electron chi connectivity index (χ3n) is 7.08. The Hall–Kier alpha value is -3.49. The third kappa shape index (κ3) is 3.99. The van der Waals surface area contributed by atoms with Crippen LogP contribution in [0.5, 0.6) is 0 Å². The maximum atomic E-state index is 13.4. The minimum absolute atomic E-state index is 0.0484. The first kappa shape index (κ1) is 22.3. The molecule has 2 saturated carbocycles. The number of ether oxygens (including phenoxy) is 1. The van der Waals surface area contributed by atoms with E-state index in [0.717, 1.165) is 22.3 Å². The minimum atomic E-state index is -3.28. The van der Waals surface area contributed by atoms with E-state index < -0.39 is 35.7 Å². The SMILES string of the molecule is O=C(NC[C@H]1C[C@H]1C(=O)NCC1C(C(=O)O)C1(F)F)OCC1c2ccccc2-c2ccccc21. The first-order valence-electron chi connectivity index (χ1n) is 11.3. The summed E-state index contributed by atoms with van der Waals surface area (Å²) in [6.45, 7) is 0.0622. The first-order chi connectivity index (χ1) is 16.3. The highest BCUT2D eigenvalue weighted by atomic mass is 19.3. The normalized spacial score (nSPS) is 25.6. The molecule has 34 heavy (non-hydrogen) atoms. The Labute approximate surface area is 194 Å². The van der Waals surface area contributed by atoms with Gasteiger partial charge in [-0.05, 0) is 34.6 Å². The van der Waals surface area contributed by atoms with Gasteiger partial charge in [0.15, 0.2) is 0 Å². The number of fused-ring (bicyclic) bond motifs is 3. The van der Waals surface area contributed by atoms with E-state index in [0.29, 0.717) is 6.42 Å². The van der Waals surface area contributed by atoms with E-state index in [1.54, 1.807) is 0 Å². The average molecular weight is 470 g/mol. The van der Waals surface area contributed by atoms with Crippen molar-refractivity contribution in [3.63, 3.8) is 0 Å². The number of carbonyl (C=O) groups excluding carboxylic acids is 2. The van der Waals surface area contributed by atoms with Crippen molar-refractivity contribution in [1.82, 2.24) is 10.6 Å². The van der Waals surface area contributed by atoms with Crippen molar-refractivity contribution < 1.29 is 33.0 Å². The van der Waals surface area contributed by atoms with Gasteiger partial charge >= 0.3 is 12.1 Å². The van der Waals surface area contributed by atoms with Gasteiger partial charge in [0.1, 0.15) is 12.5 Å². The van der Waals surface area contributed by atoms with Crippen LogP contribution in [0.4, 0.5) is 13.6 Å². The van der Waals surface area contributed by atoms with Crippen LogP contribution in [0.3, 0.4) is 0 Å². The van der Waals surface area contributed by atoms with Gasteiger partial charge in [-0.15, -0.1) is 0 Å². The maximum Gasteiger partial charge on any atom is 0.407 e. The number of halogens is 2. The fraction of sp³-hybridized carbons (Fsp3) is 0.400. The van der Waals surface area contributed by atoms with Crippen LogP contribution in [0.2, 0.25) is 0 Å². The molecule has 0 bridgehead atoms. The number of amides is 2. The van der Waals surface area contributed by atoms with Crippen molar-refractivity contribution >= 4 is 18.0 Å². The molecular formula is C25H24F2N2O5. The van der Waals surface area contributed by atoms with E-state index in [9.17, 15) is 23.2 Å². The lowest BCUT2D eigenvalue weighted by molar-refractivity contribution is -0.141. The summed E-state index contributed by atoms with van der Waals surface area (Å²) in [7, 11) is 0. The number of benzene rings is 2. The van der Waals surface area contributed by atoms with Crippen molar-refractivity contribution in [1.29, 1.82) is 0 Å². The number of alkyl carbamates (subject to hydrolysis) is 1. The van der Waals surface area contributed by atoms with E-state index in [1.807, 2.05) is 36.4 Å². The lowest BCUT2D eigenvalue weighted by atomic mass is 9.98. The Kier molecular flexibility index (Phi) is 5.50. The van der Waals surface area contributed by atoms with Gasteiger partial charge in [0, 0.05) is 24.9 Å². The molecule has 3 N–H and O–H groups in total. The van der Waals surface area contributed by atoms with Gasteiger partial charge in [-0.1, -0.05) is 48.5 Å². The zero-order valence-electron chi connectivity index (χ0n) is 18.2. The molecule has 5 rings (SSSR count). The third-order valence-corrected chi connectivity index (χ3v) is 7.08. The van der Waals surface area contributed by atoms with Gasteiger partial charge in [-0.2, -0.15) is 0 Å². The van der Waals surface area contributed by atoms with Crippen LogP contribution in [0.15, 0.2) is 48.5 Å². The van der Waals surface area contributed by atoms with Crippen LogP contribution in [0.1, 0.15) is 23.5 Å². The summed E-state index contributed by atoms with van der Waals surface area (Å²) in [5.41, 5.74) is 4.50. The highest BCUT2D eigenvalue weighted by molar-refractivity contribution is 5.82. The molecule has 2 amide bonds. The number of hydrogen-bond acceptors (Lipinski definition) is 4. The second kappa shape index (κ2) is 8.38. The van der Waals surface area contributed by atoms with Crippen molar-refractivity contribution in [2.45, 2.75) is 18.3 Å². The summed E-state index contributed by atoms with van der Waals surface area (Å²) in [4.78, 5) is 35.2. The molecule has 2 fully saturated rings. The molecule has 7 nitrogen and oxygen atoms in total. The van der Waals surface area contributed by atoms with Gasteiger partial charge in [0.05, 0.1) is 5.92 Å². The number of carboxylic acids is 1. The summed E-state index contributed by atoms with van der Waals surface area (Å²) < 4.78 is 32.3. The number of aliphatic carboxylic acids is 1. The maximum absolute atomic E-state index is 13.4. The minimum Gasteiger partial charge on any atom is -0.481 e. The van der Waals surface area contributed by atoms with Crippen LogP contribution in [-0.2, 0) is 14.3 Å². The second-order valence-corrected chi connectivity index (χ2v) is 9.15. The van der Waals surface area contributed by atoms with Crippen molar-refractivity contribution in [3.05, 3.63) is 59.7 Å². The van der Waals surface area contributed by atoms with E-state index in [-0.39, 0.29) is 37.5 Å². The zero-order chi connectivity index (χ0) is 24.0. The molecule has 3 aliphatic carbocycles. The highest BCUT2D eigenvalue weighted by Crippen LogP contribution is 2.55. The van der Waals surface area contributed by atoms with Crippen LogP contribution in [0.25, 0.3) is 11.1 Å². The monoisotopic (exact) mass is 470 g/mol. The van der Waals surface area contributed by atoms with Gasteiger partial charge in [0.25, 0.3) is 5.92 Å². The molecule has 0 aromatic heterocycles. The number of nitrogens with one attached hydrogen (secondary N) is 2. The van der Waals surface area contributed by atoms with Crippen LogP contribution in [0, 0.1) is 23.7 Å². The number of rotatable bonds is 8. The molecule has 0 saturated heterocycles. The lowest BCUT2D eigenvalue weighted by Gasteiger charge is -2.14. The molecule has 2 unspecified atom stereocenters. The number of carbonyl (C=O) groups is 3. The Morgan fingerprint density at radius 1 is 0.971 bits per heavy atom. The Bertz CT molecular complexity index is 1110. The van der Waals surface area contributed by atoms with Crippen LogP contribution >= 0.6 is 0 Å². The Morgan fingerprint density at radius 2 is 1.59 bits per heavy atom. The summed E-state index contributed by atoms with van der Waals surface area (Å²) >= 11 is 0. The summed E-state index contributed by atoms with van der Waals surface area (Å²) in [5.74, 6) is -8.88. The summed E-state index contributed by atoms with van der Waals surface area (Å²) in [5, 5.41) is 13.9. The number of carboxylic acid groups (broad SMARTS) is 1. The predicted octanol–water partition coefficient (Wildman–Crippen LogP) is 3.24. The largest absolute Gasteiger partial charge is 0.481 e. The highest BCUT2D eigenvalue weighted by Gasteiger charge is 2.72. The van der Waals surface area contributed by atoms with Crippen LogP contribution in [-0.4, -0.2) is 48.7 Å². The fourth-order valence-corrected chi connectivity index (χ4v) is 4.98. The van der Waals surface area contributed by atoms with Crippen molar-refractivity contribution in [3.8, 4) is 11.1 Å². The molecule has 9 heteroatoms. The number of hydrogen-bond donors (Lipinski definition) is 3. The van der Waals surface area contributed by atoms with E-state index in [1.165, 1.54) is 0 Å². The quantitative estimate of drug-likeness (QED) is 0.550. The molecular weight excluding hydrogens is 446 g/mol. The average Bonchev–Trinajstić information content (AvgIpc) is 3.67. The van der Waals surface area contributed by atoms with Crippen molar-refractivity contribution in [2.24, 2.45) is 23.7 Å². The van der Waals surface area contributed by atoms with Crippen molar-refractivity contribution in [2.75, 3.05) is 19.7 Å². The molecule has 4 atom stereocenters. The molecule has 2 aromatic rings. The van der Waals surface area contributed by atoms with E-state index in [4.69, 9.17) is 9.84 Å².